The quantitative estimate of drug-likeness (QED) is 0.314. The Bertz CT molecular complexity index is 838. The third-order valence-corrected chi connectivity index (χ3v) is 3.81. The van der Waals surface area contributed by atoms with Crippen LogP contribution in [-0.2, 0) is 13.1 Å². The van der Waals surface area contributed by atoms with Crippen LogP contribution in [-0.4, -0.2) is 32.2 Å². The highest BCUT2D eigenvalue weighted by Crippen LogP contribution is 2.27. The summed E-state index contributed by atoms with van der Waals surface area (Å²) < 4.78 is 15.7. The van der Waals surface area contributed by atoms with Gasteiger partial charge in [0.25, 0.3) is 5.69 Å². The van der Waals surface area contributed by atoms with Crippen molar-refractivity contribution in [1.82, 2.24) is 5.32 Å². The Morgan fingerprint density at radius 1 is 1.07 bits per heavy atom. The number of nitro benzene ring substituents is 1. The fourth-order valence-corrected chi connectivity index (χ4v) is 2.41. The van der Waals surface area contributed by atoms with Gasteiger partial charge >= 0.3 is 0 Å². The van der Waals surface area contributed by atoms with Crippen molar-refractivity contribution in [2.75, 3.05) is 21.3 Å². The molecule has 2 aromatic rings. The van der Waals surface area contributed by atoms with Gasteiger partial charge in [0.15, 0.2) is 17.5 Å². The molecule has 27 heavy (non-hydrogen) atoms. The standard InChI is InChI=1S/C18H22N4O5/c1-25-15-7-5-14(22(23)24)9-13(15)11-21-18(19)20-10-12-4-6-16(26-2)17(8-12)27-3/h4-9H,10-11H2,1-3H3,(H3,19,20,21). The number of nitrogens with two attached hydrogens (primary N) is 1. The van der Waals surface area contributed by atoms with Crippen LogP contribution in [0.2, 0.25) is 0 Å². The molecule has 0 radical (unpaired) electrons. The molecule has 0 aliphatic heterocycles. The van der Waals surface area contributed by atoms with E-state index in [-0.39, 0.29) is 18.2 Å². The molecule has 2 aromatic carbocycles. The van der Waals surface area contributed by atoms with Gasteiger partial charge in [-0.05, 0) is 23.8 Å². The first-order valence-electron chi connectivity index (χ1n) is 8.04. The molecule has 0 fully saturated rings. The van der Waals surface area contributed by atoms with Crippen molar-refractivity contribution in [3.8, 4) is 17.2 Å². The molecule has 3 N–H and O–H groups in total. The number of non-ortho nitro benzene ring substituents is 1. The number of methoxy groups -OCH3 is 3. The van der Waals surface area contributed by atoms with E-state index < -0.39 is 4.92 Å². The Labute approximate surface area is 156 Å². The largest absolute Gasteiger partial charge is 0.496 e. The van der Waals surface area contributed by atoms with Crippen molar-refractivity contribution in [2.45, 2.75) is 13.1 Å². The second-order valence-electron chi connectivity index (χ2n) is 5.50. The van der Waals surface area contributed by atoms with Crippen LogP contribution in [0.15, 0.2) is 41.4 Å². The summed E-state index contributed by atoms with van der Waals surface area (Å²) in [5, 5.41) is 13.9. The van der Waals surface area contributed by atoms with E-state index in [1.807, 2.05) is 12.1 Å². The summed E-state index contributed by atoms with van der Waals surface area (Å²) in [6, 6.07) is 9.85. The number of aliphatic imine (C=N–C) groups is 1. The highest BCUT2D eigenvalue weighted by Gasteiger charge is 2.11. The molecule has 0 amide bonds. The number of hydrogen-bond acceptors (Lipinski definition) is 6. The van der Waals surface area contributed by atoms with Crippen LogP contribution in [0.1, 0.15) is 11.1 Å². The van der Waals surface area contributed by atoms with E-state index in [2.05, 4.69) is 10.3 Å². The Morgan fingerprint density at radius 3 is 2.37 bits per heavy atom. The highest BCUT2D eigenvalue weighted by atomic mass is 16.6. The SMILES string of the molecule is COc1ccc([N+](=O)[O-])cc1CNC(N)=NCc1ccc(OC)c(OC)c1. The van der Waals surface area contributed by atoms with Gasteiger partial charge in [0.1, 0.15) is 5.75 Å². The van der Waals surface area contributed by atoms with Crippen LogP contribution in [0.25, 0.3) is 0 Å². The summed E-state index contributed by atoms with van der Waals surface area (Å²) in [7, 11) is 4.63. The summed E-state index contributed by atoms with van der Waals surface area (Å²) in [5.41, 5.74) is 7.37. The summed E-state index contributed by atoms with van der Waals surface area (Å²) >= 11 is 0. The van der Waals surface area contributed by atoms with Crippen LogP contribution in [0, 0.1) is 10.1 Å². The monoisotopic (exact) mass is 374 g/mol. The lowest BCUT2D eigenvalue weighted by molar-refractivity contribution is -0.384. The van der Waals surface area contributed by atoms with Gasteiger partial charge in [-0.2, -0.15) is 0 Å². The molecule has 9 nitrogen and oxygen atoms in total. The minimum Gasteiger partial charge on any atom is -0.496 e. The second-order valence-corrected chi connectivity index (χ2v) is 5.50. The van der Waals surface area contributed by atoms with Crippen LogP contribution in [0.3, 0.4) is 0 Å². The zero-order valence-corrected chi connectivity index (χ0v) is 15.4. The molecule has 9 heteroatoms. The van der Waals surface area contributed by atoms with Gasteiger partial charge in [-0.3, -0.25) is 10.1 Å². The van der Waals surface area contributed by atoms with E-state index in [1.54, 1.807) is 26.4 Å². The number of nitro groups is 1. The van der Waals surface area contributed by atoms with E-state index in [0.717, 1.165) is 5.56 Å². The molecular formula is C18H22N4O5. The van der Waals surface area contributed by atoms with Crippen molar-refractivity contribution in [1.29, 1.82) is 0 Å². The Kier molecular flexibility index (Phi) is 6.81. The minimum atomic E-state index is -0.461. The smallest absolute Gasteiger partial charge is 0.270 e. The molecule has 0 unspecified atom stereocenters. The van der Waals surface area contributed by atoms with E-state index >= 15 is 0 Å². The van der Waals surface area contributed by atoms with Crippen molar-refractivity contribution < 1.29 is 19.1 Å². The Hall–Kier alpha value is -3.49. The van der Waals surface area contributed by atoms with Gasteiger partial charge < -0.3 is 25.3 Å². The lowest BCUT2D eigenvalue weighted by Crippen LogP contribution is -2.31. The maximum Gasteiger partial charge on any atom is 0.270 e. The van der Waals surface area contributed by atoms with Gasteiger partial charge in [-0.15, -0.1) is 0 Å². The fourth-order valence-electron chi connectivity index (χ4n) is 2.41. The number of rotatable bonds is 8. The molecule has 0 heterocycles. The summed E-state index contributed by atoms with van der Waals surface area (Å²) in [5.74, 6) is 1.98. The van der Waals surface area contributed by atoms with Crippen molar-refractivity contribution in [3.63, 3.8) is 0 Å². The number of nitrogens with one attached hydrogen (secondary N) is 1. The van der Waals surface area contributed by atoms with Gasteiger partial charge in [0.05, 0.1) is 32.8 Å². The lowest BCUT2D eigenvalue weighted by atomic mass is 10.1. The minimum absolute atomic E-state index is 0.0200. The van der Waals surface area contributed by atoms with Crippen LogP contribution in [0.4, 0.5) is 5.69 Å². The molecule has 0 aromatic heterocycles. The predicted molar refractivity (Wildman–Crippen MR) is 101 cm³/mol. The number of benzene rings is 2. The average molecular weight is 374 g/mol. The molecule has 0 spiro atoms. The van der Waals surface area contributed by atoms with Gasteiger partial charge in [-0.25, -0.2) is 4.99 Å². The zero-order valence-electron chi connectivity index (χ0n) is 15.4. The molecule has 0 bridgehead atoms. The maximum absolute atomic E-state index is 10.9. The van der Waals surface area contributed by atoms with Crippen LogP contribution in [0.5, 0.6) is 17.2 Å². The van der Waals surface area contributed by atoms with E-state index in [1.165, 1.54) is 19.2 Å². The topological polar surface area (TPSA) is 121 Å². The van der Waals surface area contributed by atoms with E-state index in [4.69, 9.17) is 19.9 Å². The first kappa shape index (κ1) is 19.8. The predicted octanol–water partition coefficient (Wildman–Crippen LogP) is 2.23. The lowest BCUT2D eigenvalue weighted by Gasteiger charge is -2.11. The van der Waals surface area contributed by atoms with Crippen molar-refractivity contribution >= 4 is 11.6 Å². The molecule has 0 aliphatic rings. The number of ether oxygens (including phenoxy) is 3. The van der Waals surface area contributed by atoms with Gasteiger partial charge in [0.2, 0.25) is 0 Å². The van der Waals surface area contributed by atoms with Gasteiger partial charge in [0, 0.05) is 24.2 Å². The van der Waals surface area contributed by atoms with Gasteiger partial charge in [-0.1, -0.05) is 6.07 Å². The van der Waals surface area contributed by atoms with Crippen molar-refractivity contribution in [2.24, 2.45) is 10.7 Å². The molecule has 144 valence electrons. The Morgan fingerprint density at radius 2 is 1.74 bits per heavy atom. The molecule has 0 saturated heterocycles. The van der Waals surface area contributed by atoms with Crippen LogP contribution >= 0.6 is 0 Å². The van der Waals surface area contributed by atoms with E-state index in [0.29, 0.717) is 29.4 Å². The second kappa shape index (κ2) is 9.27. The zero-order chi connectivity index (χ0) is 19.8. The molecule has 0 aliphatic carbocycles. The first-order chi connectivity index (χ1) is 13.0. The third-order valence-electron chi connectivity index (χ3n) is 3.81. The summed E-state index contributed by atoms with van der Waals surface area (Å²) in [6.07, 6.45) is 0. The number of nitrogens with zero attached hydrogens (tertiary/aromatic N) is 2. The fraction of sp³-hybridized carbons (Fsp3) is 0.278. The Balaban J connectivity index is 2.04. The molecule has 0 saturated carbocycles. The molecule has 2 rings (SSSR count). The maximum atomic E-state index is 10.9. The number of hydrogen-bond donors (Lipinski definition) is 2. The third kappa shape index (κ3) is 5.24. The van der Waals surface area contributed by atoms with Crippen LogP contribution < -0.4 is 25.3 Å². The number of guanidine groups is 1. The van der Waals surface area contributed by atoms with E-state index in [9.17, 15) is 10.1 Å². The summed E-state index contributed by atoms with van der Waals surface area (Å²) in [4.78, 5) is 14.7. The first-order valence-corrected chi connectivity index (χ1v) is 8.04. The highest BCUT2D eigenvalue weighted by molar-refractivity contribution is 5.77. The average Bonchev–Trinajstić information content (AvgIpc) is 2.69. The molecule has 0 atom stereocenters. The van der Waals surface area contributed by atoms with Crippen molar-refractivity contribution in [3.05, 3.63) is 57.6 Å². The normalized spacial score (nSPS) is 11.0. The summed E-state index contributed by atoms with van der Waals surface area (Å²) in [6.45, 7) is 0.581. The molecular weight excluding hydrogens is 352 g/mol.